The Labute approximate surface area is 184 Å². The van der Waals surface area contributed by atoms with Crippen LogP contribution < -0.4 is 21.5 Å². The Morgan fingerprint density at radius 1 is 1.00 bits per heavy atom. The van der Waals surface area contributed by atoms with Gasteiger partial charge in [0.1, 0.15) is 17.1 Å². The van der Waals surface area contributed by atoms with Gasteiger partial charge >= 0.3 is 0 Å². The molecule has 5 heteroatoms. The molecule has 0 unspecified atom stereocenters. The summed E-state index contributed by atoms with van der Waals surface area (Å²) < 4.78 is 4.03. The van der Waals surface area contributed by atoms with E-state index in [0.29, 0.717) is 5.56 Å². The fraction of sp³-hybridized carbons (Fsp3) is 0.458. The van der Waals surface area contributed by atoms with E-state index in [1.165, 1.54) is 19.3 Å². The third-order valence-electron chi connectivity index (χ3n) is 6.00. The molecule has 3 rings (SSSR count). The van der Waals surface area contributed by atoms with E-state index in [-0.39, 0.29) is 33.9 Å². The van der Waals surface area contributed by atoms with Crippen molar-refractivity contribution in [1.82, 2.24) is 4.57 Å². The van der Waals surface area contributed by atoms with Crippen LogP contribution in [0, 0.1) is 0 Å². The molecular weight excluding hydrogens is 428 g/mol. The first-order valence-corrected chi connectivity index (χ1v) is 10.3. The van der Waals surface area contributed by atoms with Gasteiger partial charge in [-0.3, -0.25) is 0 Å². The first-order chi connectivity index (χ1) is 13.3. The third kappa shape index (κ3) is 4.45. The SMILES string of the molecule is CCCCCCC(C)(C)c1cc(O)c(-c2n(C)c3ccccc3[n+]2C)c(O)c1.[Br-]. The molecule has 0 atom stereocenters. The maximum Gasteiger partial charge on any atom is 0.297 e. The van der Waals surface area contributed by atoms with E-state index in [1.807, 2.05) is 59.6 Å². The molecule has 158 valence electrons. The quantitative estimate of drug-likeness (QED) is 0.419. The number of hydrogen-bond donors (Lipinski definition) is 2. The molecule has 0 aliphatic heterocycles. The molecule has 0 saturated carbocycles. The highest BCUT2D eigenvalue weighted by molar-refractivity contribution is 5.79. The minimum absolute atomic E-state index is 0. The Bertz CT molecular complexity index is 930. The Hall–Kier alpha value is -2.01. The summed E-state index contributed by atoms with van der Waals surface area (Å²) in [5, 5.41) is 21.8. The topological polar surface area (TPSA) is 49.3 Å². The van der Waals surface area contributed by atoms with Crippen molar-refractivity contribution < 1.29 is 31.8 Å². The Morgan fingerprint density at radius 2 is 1.62 bits per heavy atom. The Balaban J connectivity index is 0.00000300. The number of nitrogens with zero attached hydrogens (tertiary/aromatic N) is 2. The number of phenols is 2. The minimum atomic E-state index is -0.0949. The molecule has 0 bridgehead atoms. The van der Waals surface area contributed by atoms with Crippen LogP contribution in [-0.2, 0) is 19.5 Å². The second kappa shape index (κ2) is 9.21. The largest absolute Gasteiger partial charge is 1.00 e. The zero-order valence-corrected chi connectivity index (χ0v) is 19.8. The van der Waals surface area contributed by atoms with Crippen molar-refractivity contribution >= 4 is 11.0 Å². The number of hydrogen-bond acceptors (Lipinski definition) is 2. The van der Waals surface area contributed by atoms with Crippen LogP contribution in [0.15, 0.2) is 36.4 Å². The molecule has 0 saturated heterocycles. The Morgan fingerprint density at radius 3 is 2.21 bits per heavy atom. The van der Waals surface area contributed by atoms with Crippen molar-refractivity contribution in [3.63, 3.8) is 0 Å². The number of phenolic OH excluding ortho intramolecular Hbond substituents is 2. The van der Waals surface area contributed by atoms with Crippen molar-refractivity contribution in [2.75, 3.05) is 0 Å². The lowest BCUT2D eigenvalue weighted by Crippen LogP contribution is -3.00. The highest BCUT2D eigenvalue weighted by Crippen LogP contribution is 2.42. The predicted octanol–water partition coefficient (Wildman–Crippen LogP) is 2.33. The second-order valence-electron chi connectivity index (χ2n) is 8.51. The van der Waals surface area contributed by atoms with Gasteiger partial charge in [0.15, 0.2) is 11.0 Å². The highest BCUT2D eigenvalue weighted by atomic mass is 79.9. The van der Waals surface area contributed by atoms with Gasteiger partial charge in [0.2, 0.25) is 0 Å². The predicted molar refractivity (Wildman–Crippen MR) is 115 cm³/mol. The molecule has 0 aliphatic rings. The molecular formula is C24H33BrN2O2. The van der Waals surface area contributed by atoms with E-state index in [0.717, 1.165) is 35.3 Å². The van der Waals surface area contributed by atoms with Gasteiger partial charge in [-0.25, -0.2) is 9.13 Å². The molecule has 4 nitrogen and oxygen atoms in total. The number of halogens is 1. The number of aryl methyl sites for hydroxylation is 2. The van der Waals surface area contributed by atoms with Gasteiger partial charge in [-0.2, -0.15) is 0 Å². The summed E-state index contributed by atoms with van der Waals surface area (Å²) in [4.78, 5) is 0. The van der Waals surface area contributed by atoms with Crippen molar-refractivity contribution in [1.29, 1.82) is 0 Å². The number of fused-ring (bicyclic) bond motifs is 1. The Kier molecular flexibility index (Phi) is 7.39. The number of rotatable bonds is 7. The molecule has 2 aromatic carbocycles. The number of para-hydroxylation sites is 2. The number of aromatic nitrogens is 2. The first kappa shape index (κ1) is 23.3. The number of aromatic hydroxyl groups is 2. The average molecular weight is 461 g/mol. The van der Waals surface area contributed by atoms with Gasteiger partial charge < -0.3 is 27.2 Å². The van der Waals surface area contributed by atoms with Crippen LogP contribution in [0.25, 0.3) is 22.4 Å². The number of unbranched alkanes of at least 4 members (excludes halogenated alkanes) is 3. The van der Waals surface area contributed by atoms with E-state index >= 15 is 0 Å². The summed E-state index contributed by atoms with van der Waals surface area (Å²) >= 11 is 0. The van der Waals surface area contributed by atoms with Crippen LogP contribution >= 0.6 is 0 Å². The van der Waals surface area contributed by atoms with Crippen molar-refractivity contribution in [3.05, 3.63) is 42.0 Å². The molecule has 1 aromatic heterocycles. The zero-order chi connectivity index (χ0) is 20.5. The van der Waals surface area contributed by atoms with E-state index in [9.17, 15) is 10.2 Å². The van der Waals surface area contributed by atoms with Gasteiger partial charge in [0.05, 0.1) is 14.1 Å². The molecule has 3 aromatic rings. The van der Waals surface area contributed by atoms with Gasteiger partial charge in [-0.05, 0) is 41.7 Å². The van der Waals surface area contributed by atoms with E-state index < -0.39 is 0 Å². The number of benzene rings is 2. The van der Waals surface area contributed by atoms with Crippen LogP contribution in [0.5, 0.6) is 11.5 Å². The number of imidazole rings is 1. The highest BCUT2D eigenvalue weighted by Gasteiger charge is 2.30. The monoisotopic (exact) mass is 460 g/mol. The summed E-state index contributed by atoms with van der Waals surface area (Å²) in [6, 6.07) is 11.7. The summed E-state index contributed by atoms with van der Waals surface area (Å²) in [6.07, 6.45) is 5.89. The summed E-state index contributed by atoms with van der Waals surface area (Å²) in [5.41, 5.74) is 3.47. The van der Waals surface area contributed by atoms with Crippen LogP contribution in [0.4, 0.5) is 0 Å². The summed E-state index contributed by atoms with van der Waals surface area (Å²) in [7, 11) is 3.92. The van der Waals surface area contributed by atoms with Crippen molar-refractivity contribution in [3.8, 4) is 22.9 Å². The standard InChI is InChI=1S/C24H32N2O2.BrH/c1-6-7-8-11-14-24(2,3)17-15-20(27)22(21(28)16-17)23-25(4)18-12-9-10-13-19(18)26(23)5;/h9-10,12-13,15-16H,6-8,11,14H2,1-5H3,(H,27,28);1H. The van der Waals surface area contributed by atoms with Gasteiger partial charge in [0, 0.05) is 0 Å². The van der Waals surface area contributed by atoms with Crippen LogP contribution in [0.3, 0.4) is 0 Å². The van der Waals surface area contributed by atoms with Crippen LogP contribution in [0.2, 0.25) is 0 Å². The first-order valence-electron chi connectivity index (χ1n) is 10.3. The third-order valence-corrected chi connectivity index (χ3v) is 6.00. The average Bonchev–Trinajstić information content (AvgIpc) is 2.90. The molecule has 1 heterocycles. The minimum Gasteiger partial charge on any atom is -1.00 e. The normalized spacial score (nSPS) is 11.6. The fourth-order valence-electron chi connectivity index (χ4n) is 4.19. The lowest BCUT2D eigenvalue weighted by molar-refractivity contribution is -0.634. The van der Waals surface area contributed by atoms with Crippen molar-refractivity contribution in [2.45, 2.75) is 58.3 Å². The fourth-order valence-corrected chi connectivity index (χ4v) is 4.19. The molecule has 0 spiro atoms. The van der Waals surface area contributed by atoms with Gasteiger partial charge in [0.25, 0.3) is 5.82 Å². The van der Waals surface area contributed by atoms with Gasteiger partial charge in [-0.15, -0.1) is 0 Å². The van der Waals surface area contributed by atoms with Crippen LogP contribution in [-0.4, -0.2) is 14.8 Å². The van der Waals surface area contributed by atoms with Crippen molar-refractivity contribution in [2.24, 2.45) is 14.1 Å². The molecule has 2 N–H and O–H groups in total. The molecule has 0 amide bonds. The van der Waals surface area contributed by atoms with E-state index in [1.54, 1.807) is 0 Å². The van der Waals surface area contributed by atoms with Crippen LogP contribution in [0.1, 0.15) is 58.4 Å². The zero-order valence-electron chi connectivity index (χ0n) is 18.2. The smallest absolute Gasteiger partial charge is 0.297 e. The molecule has 0 aliphatic carbocycles. The van der Waals surface area contributed by atoms with E-state index in [2.05, 4.69) is 20.8 Å². The lowest BCUT2D eigenvalue weighted by atomic mass is 9.79. The molecule has 29 heavy (non-hydrogen) atoms. The molecule has 0 radical (unpaired) electrons. The maximum absolute atomic E-state index is 10.9. The maximum atomic E-state index is 10.9. The summed E-state index contributed by atoms with van der Waals surface area (Å²) in [5.74, 6) is 1.03. The summed E-state index contributed by atoms with van der Waals surface area (Å²) in [6.45, 7) is 6.58. The lowest BCUT2D eigenvalue weighted by Gasteiger charge is -2.26. The second-order valence-corrected chi connectivity index (χ2v) is 8.51. The van der Waals surface area contributed by atoms with Gasteiger partial charge in [-0.1, -0.05) is 58.6 Å². The van der Waals surface area contributed by atoms with E-state index in [4.69, 9.17) is 0 Å². The molecule has 0 fully saturated rings.